The highest BCUT2D eigenvalue weighted by Crippen LogP contribution is 2.25. The quantitative estimate of drug-likeness (QED) is 0.528. The fourth-order valence-corrected chi connectivity index (χ4v) is 4.20. The van der Waals surface area contributed by atoms with E-state index in [-0.39, 0.29) is 24.1 Å². The van der Waals surface area contributed by atoms with E-state index in [4.69, 9.17) is 34.8 Å². The van der Waals surface area contributed by atoms with Crippen molar-refractivity contribution < 1.29 is 9.59 Å². The summed E-state index contributed by atoms with van der Waals surface area (Å²) in [5.74, 6) is 0.515. The summed E-state index contributed by atoms with van der Waals surface area (Å²) < 4.78 is 0. The van der Waals surface area contributed by atoms with Gasteiger partial charge in [-0.2, -0.15) is 0 Å². The van der Waals surface area contributed by atoms with Crippen molar-refractivity contribution in [3.05, 3.63) is 68.7 Å². The third-order valence-corrected chi connectivity index (χ3v) is 6.37. The molecule has 2 aromatic carbocycles. The Labute approximate surface area is 190 Å². The van der Waals surface area contributed by atoms with Gasteiger partial charge >= 0.3 is 0 Å². The molecule has 156 valence electrons. The number of nitrogens with one attached hydrogen (secondary N) is 1. The van der Waals surface area contributed by atoms with Crippen LogP contribution in [0, 0.1) is 0 Å². The van der Waals surface area contributed by atoms with Crippen LogP contribution in [0.4, 0.5) is 0 Å². The normalized spacial score (nSPS) is 11.8. The van der Waals surface area contributed by atoms with Gasteiger partial charge in [0.25, 0.3) is 0 Å². The highest BCUT2D eigenvalue weighted by Gasteiger charge is 2.25. The third kappa shape index (κ3) is 7.10. The van der Waals surface area contributed by atoms with Crippen LogP contribution in [-0.2, 0) is 21.9 Å². The topological polar surface area (TPSA) is 49.4 Å². The molecular formula is C21H23Cl3N2O2S. The zero-order valence-corrected chi connectivity index (χ0v) is 19.3. The van der Waals surface area contributed by atoms with Gasteiger partial charge in [0.15, 0.2) is 0 Å². The minimum atomic E-state index is -0.613. The van der Waals surface area contributed by atoms with Crippen LogP contribution >= 0.6 is 46.6 Å². The predicted octanol–water partition coefficient (Wildman–Crippen LogP) is 5.43. The Bertz CT molecular complexity index is 864. The van der Waals surface area contributed by atoms with E-state index in [2.05, 4.69) is 5.32 Å². The fourth-order valence-electron chi connectivity index (χ4n) is 2.69. The van der Waals surface area contributed by atoms with E-state index in [9.17, 15) is 9.59 Å². The molecule has 0 aromatic heterocycles. The summed E-state index contributed by atoms with van der Waals surface area (Å²) in [7, 11) is 0. The standard InChI is InChI=1S/C21H23Cl3N2O2S/c1-3-25-21(28)14(2)26(11-15-8-9-18(23)19(24)10-15)20(27)13-29-12-16-6-4-5-7-17(16)22/h4-10,14H,3,11-13H2,1-2H3,(H,25,28). The highest BCUT2D eigenvalue weighted by atomic mass is 35.5. The fraction of sp³-hybridized carbons (Fsp3) is 0.333. The van der Waals surface area contributed by atoms with Gasteiger partial charge in [0, 0.05) is 23.9 Å². The number of thioether (sulfide) groups is 1. The van der Waals surface area contributed by atoms with Crippen molar-refractivity contribution in [1.82, 2.24) is 10.2 Å². The van der Waals surface area contributed by atoms with E-state index >= 15 is 0 Å². The summed E-state index contributed by atoms with van der Waals surface area (Å²) >= 11 is 19.7. The molecule has 0 aliphatic heterocycles. The number of carbonyl (C=O) groups is 2. The molecule has 0 heterocycles. The molecule has 2 rings (SSSR count). The number of hydrogen-bond acceptors (Lipinski definition) is 3. The molecule has 0 radical (unpaired) electrons. The molecule has 2 aromatic rings. The van der Waals surface area contributed by atoms with Crippen LogP contribution in [0.3, 0.4) is 0 Å². The number of likely N-dealkylation sites (N-methyl/N-ethyl adjacent to an activating group) is 1. The molecule has 0 fully saturated rings. The van der Waals surface area contributed by atoms with Gasteiger partial charge in [-0.25, -0.2) is 0 Å². The number of rotatable bonds is 9. The SMILES string of the molecule is CCNC(=O)C(C)N(Cc1ccc(Cl)c(Cl)c1)C(=O)CSCc1ccccc1Cl. The first kappa shape index (κ1) is 23.9. The number of benzene rings is 2. The molecule has 0 saturated heterocycles. The first-order chi connectivity index (χ1) is 13.8. The van der Waals surface area contributed by atoms with Crippen molar-refractivity contribution >= 4 is 58.4 Å². The van der Waals surface area contributed by atoms with Crippen molar-refractivity contribution in [2.24, 2.45) is 0 Å². The molecule has 8 heteroatoms. The number of nitrogens with zero attached hydrogens (tertiary/aromatic N) is 1. The number of amides is 2. The first-order valence-corrected chi connectivity index (χ1v) is 11.4. The lowest BCUT2D eigenvalue weighted by Crippen LogP contribution is -2.48. The molecule has 0 aliphatic rings. The summed E-state index contributed by atoms with van der Waals surface area (Å²) in [6, 6.07) is 12.1. The molecule has 0 spiro atoms. The second-order valence-corrected chi connectivity index (χ2v) is 8.63. The molecule has 0 aliphatic carbocycles. The average molecular weight is 474 g/mol. The predicted molar refractivity (Wildman–Crippen MR) is 123 cm³/mol. The van der Waals surface area contributed by atoms with E-state index in [0.717, 1.165) is 11.1 Å². The Morgan fingerprint density at radius 2 is 1.79 bits per heavy atom. The third-order valence-electron chi connectivity index (χ3n) is 4.30. The van der Waals surface area contributed by atoms with Crippen LogP contribution in [0.25, 0.3) is 0 Å². The van der Waals surface area contributed by atoms with Gasteiger partial charge < -0.3 is 10.2 Å². The van der Waals surface area contributed by atoms with Crippen LogP contribution in [-0.4, -0.2) is 35.1 Å². The molecule has 1 atom stereocenters. The van der Waals surface area contributed by atoms with Crippen molar-refractivity contribution in [2.45, 2.75) is 32.2 Å². The number of carbonyl (C=O) groups excluding carboxylic acids is 2. The average Bonchev–Trinajstić information content (AvgIpc) is 2.69. The van der Waals surface area contributed by atoms with Crippen LogP contribution < -0.4 is 5.32 Å². The van der Waals surface area contributed by atoms with E-state index in [1.807, 2.05) is 31.2 Å². The van der Waals surface area contributed by atoms with E-state index in [0.29, 0.717) is 27.4 Å². The Morgan fingerprint density at radius 3 is 2.45 bits per heavy atom. The second-order valence-electron chi connectivity index (χ2n) is 6.42. The second kappa shape index (κ2) is 11.7. The number of hydrogen-bond donors (Lipinski definition) is 1. The molecule has 29 heavy (non-hydrogen) atoms. The zero-order valence-electron chi connectivity index (χ0n) is 16.3. The Balaban J connectivity index is 2.10. The van der Waals surface area contributed by atoms with Crippen molar-refractivity contribution in [3.8, 4) is 0 Å². The molecule has 1 unspecified atom stereocenters. The molecule has 0 bridgehead atoms. The first-order valence-electron chi connectivity index (χ1n) is 9.15. The maximum Gasteiger partial charge on any atom is 0.242 e. The summed E-state index contributed by atoms with van der Waals surface area (Å²) in [6.07, 6.45) is 0. The minimum absolute atomic E-state index is 0.133. The molecule has 1 N–H and O–H groups in total. The summed E-state index contributed by atoms with van der Waals surface area (Å²) in [5.41, 5.74) is 1.78. The Morgan fingerprint density at radius 1 is 1.07 bits per heavy atom. The largest absolute Gasteiger partial charge is 0.355 e. The van der Waals surface area contributed by atoms with Gasteiger partial charge in [0.05, 0.1) is 15.8 Å². The molecule has 4 nitrogen and oxygen atoms in total. The molecule has 0 saturated carbocycles. The lowest BCUT2D eigenvalue weighted by atomic mass is 10.1. The summed E-state index contributed by atoms with van der Waals surface area (Å²) in [5, 5.41) is 4.31. The van der Waals surface area contributed by atoms with Crippen molar-refractivity contribution in [2.75, 3.05) is 12.3 Å². The van der Waals surface area contributed by atoms with Gasteiger partial charge in [-0.15, -0.1) is 11.8 Å². The number of halogens is 3. The van der Waals surface area contributed by atoms with Gasteiger partial charge in [0.1, 0.15) is 6.04 Å². The van der Waals surface area contributed by atoms with Gasteiger partial charge in [0.2, 0.25) is 11.8 Å². The lowest BCUT2D eigenvalue weighted by Gasteiger charge is -2.28. The Hall–Kier alpha value is -1.40. The molecule has 2 amide bonds. The van der Waals surface area contributed by atoms with Gasteiger partial charge in [-0.3, -0.25) is 9.59 Å². The Kier molecular flexibility index (Phi) is 9.63. The zero-order chi connectivity index (χ0) is 21.4. The monoisotopic (exact) mass is 472 g/mol. The van der Waals surface area contributed by atoms with E-state index < -0.39 is 6.04 Å². The van der Waals surface area contributed by atoms with Crippen LogP contribution in [0.15, 0.2) is 42.5 Å². The maximum atomic E-state index is 13.0. The van der Waals surface area contributed by atoms with Crippen molar-refractivity contribution in [3.63, 3.8) is 0 Å². The van der Waals surface area contributed by atoms with Crippen molar-refractivity contribution in [1.29, 1.82) is 0 Å². The highest BCUT2D eigenvalue weighted by molar-refractivity contribution is 7.99. The summed E-state index contributed by atoms with van der Waals surface area (Å²) in [6.45, 7) is 4.33. The van der Waals surface area contributed by atoms with Crippen LogP contribution in [0.5, 0.6) is 0 Å². The van der Waals surface area contributed by atoms with E-state index in [1.54, 1.807) is 30.0 Å². The van der Waals surface area contributed by atoms with Gasteiger partial charge in [-0.05, 0) is 43.2 Å². The smallest absolute Gasteiger partial charge is 0.242 e. The lowest BCUT2D eigenvalue weighted by molar-refractivity contribution is -0.138. The van der Waals surface area contributed by atoms with E-state index in [1.165, 1.54) is 11.8 Å². The summed E-state index contributed by atoms with van der Waals surface area (Å²) in [4.78, 5) is 26.9. The molecular weight excluding hydrogens is 451 g/mol. The maximum absolute atomic E-state index is 13.0. The minimum Gasteiger partial charge on any atom is -0.355 e. The van der Waals surface area contributed by atoms with Gasteiger partial charge in [-0.1, -0.05) is 59.1 Å². The van der Waals surface area contributed by atoms with Crippen LogP contribution in [0.2, 0.25) is 15.1 Å². The van der Waals surface area contributed by atoms with Crippen LogP contribution in [0.1, 0.15) is 25.0 Å².